The smallest absolute Gasteiger partial charge is 0.258 e. The number of halogens is 1. The summed E-state index contributed by atoms with van der Waals surface area (Å²) >= 11 is 0. The van der Waals surface area contributed by atoms with Crippen molar-refractivity contribution in [1.29, 1.82) is 0 Å². The van der Waals surface area contributed by atoms with E-state index in [0.29, 0.717) is 18.9 Å². The lowest BCUT2D eigenvalue weighted by molar-refractivity contribution is -0.142. The average molecular weight is 621 g/mol. The van der Waals surface area contributed by atoms with Gasteiger partial charge in [-0.25, -0.2) is 4.39 Å². The van der Waals surface area contributed by atoms with Crippen LogP contribution >= 0.6 is 0 Å². The quantitative estimate of drug-likeness (QED) is 0.146. The summed E-state index contributed by atoms with van der Waals surface area (Å²) in [5.41, 5.74) is 2.47. The van der Waals surface area contributed by atoms with E-state index in [9.17, 15) is 18.8 Å². The van der Waals surface area contributed by atoms with Gasteiger partial charge < -0.3 is 25.4 Å². The van der Waals surface area contributed by atoms with E-state index in [1.807, 2.05) is 60.9 Å². The van der Waals surface area contributed by atoms with Crippen LogP contribution in [-0.4, -0.2) is 79.3 Å². The largest absolute Gasteiger partial charge is 0.400 e. The molecule has 0 aromatic carbocycles. The lowest BCUT2D eigenvalue weighted by Gasteiger charge is -2.35. The van der Waals surface area contributed by atoms with Crippen molar-refractivity contribution >= 4 is 24.3 Å². The topological polar surface area (TPSA) is 111 Å². The lowest BCUT2D eigenvalue weighted by atomic mass is 9.85. The number of amides is 2. The second-order valence-electron chi connectivity index (χ2n) is 12.0. The van der Waals surface area contributed by atoms with Crippen molar-refractivity contribution in [3.05, 3.63) is 47.2 Å². The lowest BCUT2D eigenvalue weighted by Crippen LogP contribution is -2.57. The molecule has 2 aliphatic rings. The van der Waals surface area contributed by atoms with Crippen LogP contribution in [0.15, 0.2) is 52.2 Å². The summed E-state index contributed by atoms with van der Waals surface area (Å²) < 4.78 is 13.8. The molecule has 0 radical (unpaired) electrons. The fourth-order valence-electron chi connectivity index (χ4n) is 4.47. The van der Waals surface area contributed by atoms with Crippen LogP contribution in [0.1, 0.15) is 94.9 Å². The van der Waals surface area contributed by atoms with Crippen LogP contribution in [0.4, 0.5) is 4.39 Å². The molecule has 44 heavy (non-hydrogen) atoms. The van der Waals surface area contributed by atoms with Crippen molar-refractivity contribution in [3.63, 3.8) is 0 Å². The summed E-state index contributed by atoms with van der Waals surface area (Å²) in [6, 6.07) is -1.25. The van der Waals surface area contributed by atoms with E-state index in [4.69, 9.17) is 5.11 Å². The Labute approximate surface area is 267 Å². The Morgan fingerprint density at radius 3 is 2.14 bits per heavy atom. The Hall–Kier alpha value is -2.91. The van der Waals surface area contributed by atoms with Crippen molar-refractivity contribution in [1.82, 2.24) is 15.5 Å². The van der Waals surface area contributed by atoms with E-state index < -0.39 is 29.1 Å². The molecule has 0 spiro atoms. The third-order valence-electron chi connectivity index (χ3n) is 7.26. The second-order valence-corrected chi connectivity index (χ2v) is 12.0. The highest BCUT2D eigenvalue weighted by Crippen LogP contribution is 2.40. The maximum absolute atomic E-state index is 13.8. The average Bonchev–Trinajstić information content (AvgIpc) is 3.57. The van der Waals surface area contributed by atoms with Crippen molar-refractivity contribution in [3.8, 4) is 0 Å². The van der Waals surface area contributed by atoms with E-state index in [-0.39, 0.29) is 18.7 Å². The maximum atomic E-state index is 13.8. The molecule has 252 valence electrons. The number of allylic oxidation sites excluding steroid dienone is 5. The summed E-state index contributed by atoms with van der Waals surface area (Å²) in [6.45, 7) is 25.2. The van der Waals surface area contributed by atoms with E-state index in [2.05, 4.69) is 62.1 Å². The predicted molar refractivity (Wildman–Crippen MR) is 182 cm³/mol. The first-order valence-corrected chi connectivity index (χ1v) is 15.7. The molecule has 9 heteroatoms. The number of rotatable bonds is 11. The van der Waals surface area contributed by atoms with Gasteiger partial charge in [0, 0.05) is 32.1 Å². The number of likely N-dealkylation sites (tertiary alicyclic amines) is 1. The number of nitrogens with zero attached hydrogens (tertiary/aromatic N) is 2. The molecule has 1 saturated carbocycles. The van der Waals surface area contributed by atoms with Gasteiger partial charge >= 0.3 is 0 Å². The highest BCUT2D eigenvalue weighted by atomic mass is 19.1. The molecule has 1 aliphatic carbocycles. The second kappa shape index (κ2) is 21.7. The zero-order chi connectivity index (χ0) is 34.7. The van der Waals surface area contributed by atoms with Gasteiger partial charge in [0.25, 0.3) is 5.91 Å². The minimum atomic E-state index is -1.81. The van der Waals surface area contributed by atoms with E-state index in [1.54, 1.807) is 0 Å². The van der Waals surface area contributed by atoms with Crippen molar-refractivity contribution in [2.24, 2.45) is 16.3 Å². The van der Waals surface area contributed by atoms with Gasteiger partial charge in [-0.05, 0) is 81.6 Å². The molecule has 0 aromatic rings. The van der Waals surface area contributed by atoms with Crippen LogP contribution in [0.2, 0.25) is 0 Å². The number of carbonyl (C=O) groups excluding carboxylic acids is 3. The summed E-state index contributed by atoms with van der Waals surface area (Å²) in [7, 11) is 2.94. The number of aliphatic imine (C=N–C) groups is 1. The fourth-order valence-corrected chi connectivity index (χ4v) is 4.47. The monoisotopic (exact) mass is 620 g/mol. The number of carbonyl (C=O) groups is 3. The summed E-state index contributed by atoms with van der Waals surface area (Å²) in [5.74, 6) is -0.536. The van der Waals surface area contributed by atoms with Crippen LogP contribution in [0.25, 0.3) is 0 Å². The molecular weight excluding hydrogens is 559 g/mol. The van der Waals surface area contributed by atoms with Crippen LogP contribution < -0.4 is 10.6 Å². The number of likely N-dealkylation sites (N-methyl/N-ethyl adjacent to an activating group) is 1. The summed E-state index contributed by atoms with van der Waals surface area (Å²) in [5, 5.41) is 12.7. The number of hydrogen-bond acceptors (Lipinski definition) is 6. The Morgan fingerprint density at radius 1 is 1.16 bits per heavy atom. The number of nitrogens with one attached hydrogen (secondary N) is 2. The Bertz CT molecular complexity index is 1030. The summed E-state index contributed by atoms with van der Waals surface area (Å²) in [6.07, 6.45) is 10.7. The minimum Gasteiger partial charge on any atom is -0.400 e. The van der Waals surface area contributed by atoms with E-state index >= 15 is 0 Å². The molecule has 0 bridgehead atoms. The standard InChI is InChI=1S/C17H28N2.C15H23FN2O3.C2H6.CH4O/c1-8-16(12-18-7)10-11-17(13(3)4)14(5)15(6)19-9-2;1-14(2,3)11(17-13(21)15(16)6-7-15)12(20)18-8-4-5-10(18)9-19;2*1-2/h8-11,13,18H,1,12H2,2-7H3;9-11H,4-8H2,1-3H3,(H,17,21);1-2H3;2H,1H3/b15-14+,16-10+,17-11+,19-9?;;;/t;10-,11?;;/m.0../s1. The molecule has 2 fully saturated rings. The van der Waals surface area contributed by atoms with Gasteiger partial charge in [0.2, 0.25) is 5.91 Å². The molecule has 1 unspecified atom stereocenters. The third-order valence-corrected chi connectivity index (χ3v) is 7.26. The maximum Gasteiger partial charge on any atom is 0.258 e. The van der Waals surface area contributed by atoms with E-state index in [0.717, 1.165) is 32.1 Å². The van der Waals surface area contributed by atoms with Gasteiger partial charge in [0.15, 0.2) is 5.67 Å². The first kappa shape index (κ1) is 43.2. The van der Waals surface area contributed by atoms with Gasteiger partial charge in [0.1, 0.15) is 12.3 Å². The highest BCUT2D eigenvalue weighted by molar-refractivity contribution is 5.94. The minimum absolute atomic E-state index is 0.213. The number of aliphatic hydroxyl groups excluding tert-OH is 1. The number of alkyl halides is 1. The molecule has 2 atom stereocenters. The number of aliphatic hydroxyl groups is 1. The zero-order valence-electron chi connectivity index (χ0n) is 29.5. The molecule has 2 rings (SSSR count). The zero-order valence-corrected chi connectivity index (χ0v) is 29.5. The van der Waals surface area contributed by atoms with E-state index in [1.165, 1.54) is 21.6 Å². The Balaban J connectivity index is 0. The first-order valence-electron chi connectivity index (χ1n) is 15.7. The predicted octanol–water partition coefficient (Wildman–Crippen LogP) is 6.13. The molecule has 1 heterocycles. The van der Waals surface area contributed by atoms with Crippen LogP contribution in [-0.2, 0) is 14.4 Å². The SMILES string of the molecule is C=C\C(=C/C=C(/C(C)=C(\C)N=CC)C(C)C)CNC.CC.CC(C)(C)C(NC(=O)C1(F)CC1)C(=O)N1CCC[C@H]1C=O.CO. The van der Waals surface area contributed by atoms with Gasteiger partial charge in [-0.2, -0.15) is 0 Å². The van der Waals surface area contributed by atoms with Crippen LogP contribution in [0.5, 0.6) is 0 Å². The summed E-state index contributed by atoms with van der Waals surface area (Å²) in [4.78, 5) is 41.5. The van der Waals surface area contributed by atoms with Crippen molar-refractivity contribution in [2.75, 3.05) is 27.2 Å². The van der Waals surface area contributed by atoms with Gasteiger partial charge in [-0.3, -0.25) is 14.6 Å². The van der Waals surface area contributed by atoms with Crippen molar-refractivity contribution in [2.45, 2.75) is 113 Å². The van der Waals surface area contributed by atoms with Gasteiger partial charge in [-0.1, -0.05) is 73.3 Å². The number of aldehydes is 1. The molecule has 1 aliphatic heterocycles. The van der Waals surface area contributed by atoms with Crippen LogP contribution in [0.3, 0.4) is 0 Å². The normalized spacial score (nSPS) is 18.9. The molecule has 0 aromatic heterocycles. The molecule has 1 saturated heterocycles. The fraction of sp³-hybridized carbons (Fsp3) is 0.657. The molecule has 8 nitrogen and oxygen atoms in total. The molecule has 3 N–H and O–H groups in total. The van der Waals surface area contributed by atoms with Crippen LogP contribution in [0, 0.1) is 11.3 Å². The van der Waals surface area contributed by atoms with Crippen molar-refractivity contribution < 1.29 is 23.9 Å². The molecule has 2 amide bonds. The van der Waals surface area contributed by atoms with Gasteiger partial charge in [-0.15, -0.1) is 0 Å². The third kappa shape index (κ3) is 14.2. The Kier molecular flexibility index (Phi) is 21.3. The molecular formula is C35H61FN4O4. The van der Waals surface area contributed by atoms with Gasteiger partial charge in [0.05, 0.1) is 6.04 Å². The first-order chi connectivity index (χ1) is 20.7. The Morgan fingerprint density at radius 2 is 1.73 bits per heavy atom. The number of hydrogen-bond donors (Lipinski definition) is 3. The highest BCUT2D eigenvalue weighted by Gasteiger charge is 2.53.